The molecule has 0 aliphatic carbocycles. The minimum atomic E-state index is 0.0299. The highest BCUT2D eigenvalue weighted by molar-refractivity contribution is 5.65. The lowest BCUT2D eigenvalue weighted by molar-refractivity contribution is -0.104. The molecule has 0 aromatic heterocycles. The minimum Gasteiger partial charge on any atom is -0.497 e. The van der Waals surface area contributed by atoms with E-state index in [0.717, 1.165) is 17.6 Å². The molecule has 15 heavy (non-hydrogen) atoms. The molecule has 78 valence electrons. The van der Waals surface area contributed by atoms with E-state index >= 15 is 0 Å². The fraction of sp³-hybridized carbons (Fsp3) is 0.250. The van der Waals surface area contributed by atoms with E-state index in [4.69, 9.17) is 9.47 Å². The summed E-state index contributed by atoms with van der Waals surface area (Å²) < 4.78 is 10.5. The quantitative estimate of drug-likeness (QED) is 0.427. The normalized spacial score (nSPS) is 24.1. The molecule has 1 saturated heterocycles. The number of epoxide rings is 1. The van der Waals surface area contributed by atoms with Gasteiger partial charge in [0.05, 0.1) is 7.11 Å². The van der Waals surface area contributed by atoms with E-state index in [1.165, 1.54) is 6.08 Å². The molecular weight excluding hydrogens is 192 g/mol. The van der Waals surface area contributed by atoms with Crippen LogP contribution in [0.25, 0.3) is 0 Å². The van der Waals surface area contributed by atoms with Crippen molar-refractivity contribution < 1.29 is 14.3 Å². The number of aldehydes is 1. The number of hydrogen-bond acceptors (Lipinski definition) is 3. The summed E-state index contributed by atoms with van der Waals surface area (Å²) in [6, 6.07) is 7.75. The molecule has 0 spiro atoms. The second kappa shape index (κ2) is 4.28. The molecule has 3 heteroatoms. The number of carbonyl (C=O) groups excluding carboxylic acids is 1. The van der Waals surface area contributed by atoms with Gasteiger partial charge in [-0.3, -0.25) is 4.79 Å². The average Bonchev–Trinajstić information content (AvgIpc) is 3.06. The second-order valence-corrected chi connectivity index (χ2v) is 3.32. The van der Waals surface area contributed by atoms with Crippen LogP contribution in [0.1, 0.15) is 11.7 Å². The summed E-state index contributed by atoms with van der Waals surface area (Å²) in [6.07, 6.45) is 4.07. The van der Waals surface area contributed by atoms with Crippen molar-refractivity contribution in [1.82, 2.24) is 0 Å². The molecule has 0 radical (unpaired) electrons. The van der Waals surface area contributed by atoms with Gasteiger partial charge in [-0.25, -0.2) is 0 Å². The molecule has 0 saturated carbocycles. The first-order valence-corrected chi connectivity index (χ1v) is 4.76. The van der Waals surface area contributed by atoms with Crippen LogP contribution < -0.4 is 4.74 Å². The van der Waals surface area contributed by atoms with Crippen LogP contribution in [0, 0.1) is 0 Å². The Labute approximate surface area is 88.3 Å². The van der Waals surface area contributed by atoms with Gasteiger partial charge in [-0.1, -0.05) is 12.1 Å². The maximum absolute atomic E-state index is 10.1. The van der Waals surface area contributed by atoms with Crippen LogP contribution in [-0.4, -0.2) is 19.5 Å². The molecule has 1 fully saturated rings. The van der Waals surface area contributed by atoms with Crippen molar-refractivity contribution in [2.75, 3.05) is 7.11 Å². The Kier molecular flexibility index (Phi) is 2.83. The van der Waals surface area contributed by atoms with Crippen LogP contribution >= 0.6 is 0 Å². The number of rotatable bonds is 4. The van der Waals surface area contributed by atoms with E-state index in [0.29, 0.717) is 0 Å². The van der Waals surface area contributed by atoms with Gasteiger partial charge < -0.3 is 9.47 Å². The predicted molar refractivity (Wildman–Crippen MR) is 55.8 cm³/mol. The fourth-order valence-electron chi connectivity index (χ4n) is 1.51. The highest BCUT2D eigenvalue weighted by Crippen LogP contribution is 2.40. The molecule has 0 amide bonds. The lowest BCUT2D eigenvalue weighted by Gasteiger charge is -2.00. The van der Waals surface area contributed by atoms with Crippen LogP contribution in [0.5, 0.6) is 5.75 Å². The molecule has 0 unspecified atom stereocenters. The Morgan fingerprint density at radius 1 is 1.47 bits per heavy atom. The number of carbonyl (C=O) groups is 1. The molecule has 1 aromatic rings. The van der Waals surface area contributed by atoms with Crippen LogP contribution in [0.2, 0.25) is 0 Å². The topological polar surface area (TPSA) is 38.8 Å². The zero-order chi connectivity index (χ0) is 10.7. The fourth-order valence-corrected chi connectivity index (χ4v) is 1.51. The van der Waals surface area contributed by atoms with E-state index in [2.05, 4.69) is 0 Å². The standard InChI is InChI=1S/C12H12O3/c1-14-10-5-2-4-9(8-10)12-11(15-12)6-3-7-13/h2-8,11-12H,1H3/t11-,12-/m1/s1. The van der Waals surface area contributed by atoms with Crippen molar-refractivity contribution in [1.29, 1.82) is 0 Å². The lowest BCUT2D eigenvalue weighted by Crippen LogP contribution is -1.87. The number of allylic oxidation sites excluding steroid dienone is 1. The summed E-state index contributed by atoms with van der Waals surface area (Å²) in [5.41, 5.74) is 1.08. The van der Waals surface area contributed by atoms with E-state index < -0.39 is 0 Å². The molecule has 1 aliphatic heterocycles. The van der Waals surface area contributed by atoms with Crippen molar-refractivity contribution >= 4 is 6.29 Å². The van der Waals surface area contributed by atoms with E-state index in [1.807, 2.05) is 24.3 Å². The van der Waals surface area contributed by atoms with Gasteiger partial charge in [0.15, 0.2) is 0 Å². The third kappa shape index (κ3) is 2.25. The number of ether oxygens (including phenoxy) is 2. The first kappa shape index (κ1) is 9.93. The molecule has 1 aromatic carbocycles. The van der Waals surface area contributed by atoms with E-state index in [-0.39, 0.29) is 12.2 Å². The van der Waals surface area contributed by atoms with Gasteiger partial charge in [-0.2, -0.15) is 0 Å². The predicted octanol–water partition coefficient (Wildman–Crippen LogP) is 1.89. The zero-order valence-corrected chi connectivity index (χ0v) is 8.42. The molecule has 3 nitrogen and oxygen atoms in total. The van der Waals surface area contributed by atoms with Gasteiger partial charge in [-0.15, -0.1) is 0 Å². The summed E-state index contributed by atoms with van der Waals surface area (Å²) in [4.78, 5) is 10.1. The summed E-state index contributed by atoms with van der Waals surface area (Å²) in [7, 11) is 1.64. The zero-order valence-electron chi connectivity index (χ0n) is 8.42. The molecule has 2 rings (SSSR count). The first-order chi connectivity index (χ1) is 7.35. The molecular formula is C12H12O3. The maximum atomic E-state index is 10.1. The molecule has 0 bridgehead atoms. The Balaban J connectivity index is 2.06. The van der Waals surface area contributed by atoms with E-state index in [9.17, 15) is 4.79 Å². The summed E-state index contributed by atoms with van der Waals surface area (Å²) >= 11 is 0. The monoisotopic (exact) mass is 204 g/mol. The molecule has 2 atom stereocenters. The lowest BCUT2D eigenvalue weighted by atomic mass is 10.1. The number of benzene rings is 1. The maximum Gasteiger partial charge on any atom is 0.142 e. The highest BCUT2D eigenvalue weighted by atomic mass is 16.6. The highest BCUT2D eigenvalue weighted by Gasteiger charge is 2.37. The van der Waals surface area contributed by atoms with Crippen molar-refractivity contribution in [2.24, 2.45) is 0 Å². The van der Waals surface area contributed by atoms with Crippen LogP contribution in [0.15, 0.2) is 36.4 Å². The van der Waals surface area contributed by atoms with Gasteiger partial charge in [0.25, 0.3) is 0 Å². The molecule has 1 heterocycles. The average molecular weight is 204 g/mol. The Hall–Kier alpha value is -1.61. The Morgan fingerprint density at radius 3 is 3.07 bits per heavy atom. The number of hydrogen-bond donors (Lipinski definition) is 0. The van der Waals surface area contributed by atoms with Crippen LogP contribution in [0.3, 0.4) is 0 Å². The van der Waals surface area contributed by atoms with Gasteiger partial charge in [0, 0.05) is 0 Å². The third-order valence-corrected chi connectivity index (χ3v) is 2.33. The molecule has 1 aliphatic rings. The number of methoxy groups -OCH3 is 1. The van der Waals surface area contributed by atoms with Crippen molar-refractivity contribution in [2.45, 2.75) is 12.2 Å². The van der Waals surface area contributed by atoms with Gasteiger partial charge in [0.1, 0.15) is 24.2 Å². The minimum absolute atomic E-state index is 0.0299. The van der Waals surface area contributed by atoms with Gasteiger partial charge >= 0.3 is 0 Å². The summed E-state index contributed by atoms with van der Waals surface area (Å²) in [5.74, 6) is 0.820. The largest absolute Gasteiger partial charge is 0.497 e. The van der Waals surface area contributed by atoms with Gasteiger partial charge in [-0.05, 0) is 29.8 Å². The third-order valence-electron chi connectivity index (χ3n) is 2.33. The van der Waals surface area contributed by atoms with Crippen molar-refractivity contribution in [3.63, 3.8) is 0 Å². The van der Waals surface area contributed by atoms with Crippen molar-refractivity contribution in [3.05, 3.63) is 42.0 Å². The SMILES string of the molecule is COc1cccc([C@H]2O[C@@H]2C=CC=O)c1. The van der Waals surface area contributed by atoms with Gasteiger partial charge in [0.2, 0.25) is 0 Å². The Morgan fingerprint density at radius 2 is 2.33 bits per heavy atom. The summed E-state index contributed by atoms with van der Waals surface area (Å²) in [6.45, 7) is 0. The van der Waals surface area contributed by atoms with Crippen LogP contribution in [0.4, 0.5) is 0 Å². The smallest absolute Gasteiger partial charge is 0.142 e. The summed E-state index contributed by atoms with van der Waals surface area (Å²) in [5, 5.41) is 0. The van der Waals surface area contributed by atoms with Crippen molar-refractivity contribution in [3.8, 4) is 5.75 Å². The Bertz CT molecular complexity index is 384. The second-order valence-electron chi connectivity index (χ2n) is 3.32. The molecule has 0 N–H and O–H groups in total. The van der Waals surface area contributed by atoms with Crippen LogP contribution in [-0.2, 0) is 9.53 Å². The first-order valence-electron chi connectivity index (χ1n) is 4.76. The van der Waals surface area contributed by atoms with E-state index in [1.54, 1.807) is 13.2 Å².